The average Bonchev–Trinajstić information content (AvgIpc) is 2.71. The molecule has 0 unspecified atom stereocenters. The van der Waals surface area contributed by atoms with Gasteiger partial charge in [0.25, 0.3) is 0 Å². The van der Waals surface area contributed by atoms with Crippen molar-refractivity contribution in [3.63, 3.8) is 0 Å². The number of ether oxygens (including phenoxy) is 1. The lowest BCUT2D eigenvalue weighted by molar-refractivity contribution is 0.415. The van der Waals surface area contributed by atoms with Gasteiger partial charge in [0, 0.05) is 11.6 Å². The van der Waals surface area contributed by atoms with Crippen molar-refractivity contribution in [2.45, 2.75) is 19.9 Å². The van der Waals surface area contributed by atoms with Crippen molar-refractivity contribution in [3.8, 4) is 17.0 Å². The fraction of sp³-hybridized carbons (Fsp3) is 0.308. The van der Waals surface area contributed by atoms with E-state index in [-0.39, 0.29) is 6.04 Å². The maximum absolute atomic E-state index is 6.00. The Morgan fingerprint density at radius 1 is 1.29 bits per heavy atom. The van der Waals surface area contributed by atoms with E-state index in [4.69, 9.17) is 10.5 Å². The van der Waals surface area contributed by atoms with Crippen LogP contribution in [0.3, 0.4) is 0 Å². The van der Waals surface area contributed by atoms with Gasteiger partial charge in [-0.05, 0) is 26.0 Å². The van der Waals surface area contributed by atoms with Gasteiger partial charge in [-0.25, -0.2) is 0 Å². The van der Waals surface area contributed by atoms with E-state index in [1.807, 2.05) is 28.9 Å². The first-order chi connectivity index (χ1) is 8.15. The minimum Gasteiger partial charge on any atom is -0.496 e. The first-order valence-electron chi connectivity index (χ1n) is 5.61. The summed E-state index contributed by atoms with van der Waals surface area (Å²) in [5.41, 5.74) is 8.55. The number of nitrogens with two attached hydrogens (primary N) is 1. The molecular formula is C13H17N3O. The maximum Gasteiger partial charge on any atom is 0.128 e. The number of benzene rings is 1. The molecule has 90 valence electrons. The molecule has 1 aromatic carbocycles. The minimum atomic E-state index is 0.257. The number of hydrogen-bond acceptors (Lipinski definition) is 3. The Kier molecular flexibility index (Phi) is 3.04. The zero-order chi connectivity index (χ0) is 12.4. The standard InChI is InChI=1S/C13H17N3O/c1-9(2)16-13(11(14)8-15-16)10-6-4-5-7-12(10)17-3/h4-9H,14H2,1-3H3. The van der Waals surface area contributed by atoms with E-state index in [9.17, 15) is 0 Å². The Labute approximate surface area is 101 Å². The number of para-hydroxylation sites is 1. The van der Waals surface area contributed by atoms with E-state index in [1.165, 1.54) is 0 Å². The van der Waals surface area contributed by atoms with Crippen LogP contribution in [0.15, 0.2) is 30.5 Å². The second-order valence-corrected chi connectivity index (χ2v) is 4.19. The molecule has 4 heteroatoms. The molecule has 1 heterocycles. The van der Waals surface area contributed by atoms with Gasteiger partial charge < -0.3 is 10.5 Å². The van der Waals surface area contributed by atoms with Crippen molar-refractivity contribution in [2.75, 3.05) is 12.8 Å². The van der Waals surface area contributed by atoms with Gasteiger partial charge >= 0.3 is 0 Å². The first kappa shape index (κ1) is 11.5. The van der Waals surface area contributed by atoms with Crippen molar-refractivity contribution in [3.05, 3.63) is 30.5 Å². The molecule has 2 N–H and O–H groups in total. The zero-order valence-electron chi connectivity index (χ0n) is 10.3. The summed E-state index contributed by atoms with van der Waals surface area (Å²) in [6, 6.07) is 8.08. The van der Waals surface area contributed by atoms with Crippen LogP contribution in [-0.4, -0.2) is 16.9 Å². The molecule has 4 nitrogen and oxygen atoms in total. The Hall–Kier alpha value is -1.97. The molecule has 1 aromatic heterocycles. The predicted octanol–water partition coefficient (Wildman–Crippen LogP) is 2.72. The molecule has 0 atom stereocenters. The van der Waals surface area contributed by atoms with Gasteiger partial charge in [-0.2, -0.15) is 5.10 Å². The van der Waals surface area contributed by atoms with E-state index in [2.05, 4.69) is 18.9 Å². The van der Waals surface area contributed by atoms with Crippen LogP contribution in [0, 0.1) is 0 Å². The molecule has 0 saturated heterocycles. The SMILES string of the molecule is COc1ccccc1-c1c(N)cnn1C(C)C. The normalized spacial score (nSPS) is 10.8. The summed E-state index contributed by atoms with van der Waals surface area (Å²) in [4.78, 5) is 0. The van der Waals surface area contributed by atoms with Crippen molar-refractivity contribution in [1.29, 1.82) is 0 Å². The number of nitrogen functional groups attached to an aromatic ring is 1. The van der Waals surface area contributed by atoms with Crippen molar-refractivity contribution < 1.29 is 4.74 Å². The fourth-order valence-corrected chi connectivity index (χ4v) is 1.89. The summed E-state index contributed by atoms with van der Waals surface area (Å²) in [5.74, 6) is 0.807. The van der Waals surface area contributed by atoms with Gasteiger partial charge in [-0.3, -0.25) is 4.68 Å². The molecule has 0 aliphatic rings. The predicted molar refractivity (Wildman–Crippen MR) is 69.0 cm³/mol. The Morgan fingerprint density at radius 2 is 2.00 bits per heavy atom. The monoisotopic (exact) mass is 231 g/mol. The van der Waals surface area contributed by atoms with E-state index in [1.54, 1.807) is 13.3 Å². The molecule has 0 radical (unpaired) electrons. The van der Waals surface area contributed by atoms with E-state index >= 15 is 0 Å². The largest absolute Gasteiger partial charge is 0.496 e. The van der Waals surface area contributed by atoms with Crippen molar-refractivity contribution >= 4 is 5.69 Å². The zero-order valence-corrected chi connectivity index (χ0v) is 10.3. The number of anilines is 1. The molecule has 0 amide bonds. The lowest BCUT2D eigenvalue weighted by Gasteiger charge is -2.14. The molecular weight excluding hydrogens is 214 g/mol. The summed E-state index contributed by atoms with van der Waals surface area (Å²) >= 11 is 0. The quantitative estimate of drug-likeness (QED) is 0.883. The van der Waals surface area contributed by atoms with Crippen LogP contribution in [-0.2, 0) is 0 Å². The molecule has 0 fully saturated rings. The highest BCUT2D eigenvalue weighted by Crippen LogP contribution is 2.34. The molecule has 0 aliphatic heterocycles. The van der Waals surface area contributed by atoms with Gasteiger partial charge in [0.05, 0.1) is 24.7 Å². The molecule has 17 heavy (non-hydrogen) atoms. The highest BCUT2D eigenvalue weighted by molar-refractivity contribution is 5.77. The van der Waals surface area contributed by atoms with Crippen molar-refractivity contribution in [1.82, 2.24) is 9.78 Å². The van der Waals surface area contributed by atoms with Crippen LogP contribution in [0.2, 0.25) is 0 Å². The number of rotatable bonds is 3. The first-order valence-corrected chi connectivity index (χ1v) is 5.61. The van der Waals surface area contributed by atoms with Crippen LogP contribution in [0.4, 0.5) is 5.69 Å². The Balaban J connectivity index is 2.63. The van der Waals surface area contributed by atoms with Gasteiger partial charge in [0.15, 0.2) is 0 Å². The summed E-state index contributed by atoms with van der Waals surface area (Å²) in [6.45, 7) is 4.15. The number of nitrogens with zero attached hydrogens (tertiary/aromatic N) is 2. The molecule has 0 aliphatic carbocycles. The van der Waals surface area contributed by atoms with E-state index in [0.29, 0.717) is 5.69 Å². The average molecular weight is 231 g/mol. The Bertz CT molecular complexity index is 517. The Morgan fingerprint density at radius 3 is 2.65 bits per heavy atom. The van der Waals surface area contributed by atoms with Crippen LogP contribution in [0.25, 0.3) is 11.3 Å². The van der Waals surface area contributed by atoms with E-state index < -0.39 is 0 Å². The minimum absolute atomic E-state index is 0.257. The molecule has 0 bridgehead atoms. The molecule has 2 aromatic rings. The van der Waals surface area contributed by atoms with Crippen molar-refractivity contribution in [2.24, 2.45) is 0 Å². The number of aromatic nitrogens is 2. The topological polar surface area (TPSA) is 53.1 Å². The van der Waals surface area contributed by atoms with Crippen LogP contribution < -0.4 is 10.5 Å². The second kappa shape index (κ2) is 4.49. The lowest BCUT2D eigenvalue weighted by atomic mass is 10.1. The third kappa shape index (κ3) is 1.98. The number of hydrogen-bond donors (Lipinski definition) is 1. The number of methoxy groups -OCH3 is 1. The third-order valence-corrected chi connectivity index (χ3v) is 2.67. The van der Waals surface area contributed by atoms with Crippen LogP contribution >= 0.6 is 0 Å². The highest BCUT2D eigenvalue weighted by atomic mass is 16.5. The van der Waals surface area contributed by atoms with Gasteiger partial charge in [0.2, 0.25) is 0 Å². The molecule has 0 saturated carbocycles. The molecule has 2 rings (SSSR count). The summed E-state index contributed by atoms with van der Waals surface area (Å²) < 4.78 is 7.27. The maximum atomic E-state index is 6.00. The van der Waals surface area contributed by atoms with Crippen LogP contribution in [0.5, 0.6) is 5.75 Å². The van der Waals surface area contributed by atoms with E-state index in [0.717, 1.165) is 17.0 Å². The summed E-state index contributed by atoms with van der Waals surface area (Å²) in [5, 5.41) is 4.30. The summed E-state index contributed by atoms with van der Waals surface area (Å²) in [6.07, 6.45) is 1.68. The smallest absolute Gasteiger partial charge is 0.128 e. The molecule has 0 spiro atoms. The lowest BCUT2D eigenvalue weighted by Crippen LogP contribution is -2.06. The summed E-state index contributed by atoms with van der Waals surface area (Å²) in [7, 11) is 1.66. The van der Waals surface area contributed by atoms with Gasteiger partial charge in [-0.1, -0.05) is 12.1 Å². The van der Waals surface area contributed by atoms with Crippen LogP contribution in [0.1, 0.15) is 19.9 Å². The van der Waals surface area contributed by atoms with Gasteiger partial charge in [0.1, 0.15) is 5.75 Å². The third-order valence-electron chi connectivity index (χ3n) is 2.67. The highest BCUT2D eigenvalue weighted by Gasteiger charge is 2.16. The van der Waals surface area contributed by atoms with Gasteiger partial charge in [-0.15, -0.1) is 0 Å². The second-order valence-electron chi connectivity index (χ2n) is 4.19. The fourth-order valence-electron chi connectivity index (χ4n) is 1.89.